The molecule has 1 aliphatic rings. The van der Waals surface area contributed by atoms with Gasteiger partial charge in [-0.05, 0) is 61.4 Å². The number of rotatable bonds is 6. The first-order valence-electron chi connectivity index (χ1n) is 9.95. The molecule has 1 aliphatic heterocycles. The molecule has 0 bridgehead atoms. The van der Waals surface area contributed by atoms with Crippen LogP contribution in [0, 0.1) is 0 Å². The third-order valence-corrected chi connectivity index (χ3v) is 8.27. The molecule has 32 heavy (non-hydrogen) atoms. The Hall–Kier alpha value is -2.53. The van der Waals surface area contributed by atoms with Gasteiger partial charge in [0.1, 0.15) is 11.0 Å². The molecule has 3 aromatic rings. The molecule has 0 spiro atoms. The number of hydrogen-bond donors (Lipinski definition) is 1. The van der Waals surface area contributed by atoms with E-state index in [0.717, 1.165) is 11.3 Å². The molecule has 0 unspecified atom stereocenters. The lowest BCUT2D eigenvalue weighted by atomic mass is 10.2. The summed E-state index contributed by atoms with van der Waals surface area (Å²) in [6, 6.07) is 13.0. The highest BCUT2D eigenvalue weighted by Gasteiger charge is 2.39. The average Bonchev–Trinajstić information content (AvgIpc) is 3.44. The molecule has 2 heterocycles. The van der Waals surface area contributed by atoms with Gasteiger partial charge in [-0.3, -0.25) is 10.1 Å². The van der Waals surface area contributed by atoms with Gasteiger partial charge >= 0.3 is 0 Å². The second-order valence-electron chi connectivity index (χ2n) is 7.57. The number of halogens is 1. The van der Waals surface area contributed by atoms with Crippen molar-refractivity contribution < 1.29 is 13.2 Å². The predicted octanol–water partition coefficient (Wildman–Crippen LogP) is 3.72. The zero-order chi connectivity index (χ0) is 22.9. The van der Waals surface area contributed by atoms with E-state index in [4.69, 9.17) is 11.6 Å². The minimum absolute atomic E-state index is 0.112. The van der Waals surface area contributed by atoms with Crippen LogP contribution in [0.2, 0.25) is 5.02 Å². The summed E-state index contributed by atoms with van der Waals surface area (Å²) in [6.07, 6.45) is 1.04. The molecule has 4 rings (SSSR count). The molecule has 168 valence electrons. The van der Waals surface area contributed by atoms with Gasteiger partial charge in [-0.25, -0.2) is 8.42 Å². The van der Waals surface area contributed by atoms with Crippen LogP contribution < -0.4 is 10.2 Å². The fourth-order valence-corrected chi connectivity index (χ4v) is 6.05. The molecular formula is C21H22ClN5O3S2. The van der Waals surface area contributed by atoms with Crippen LogP contribution in [0.15, 0.2) is 53.4 Å². The first-order chi connectivity index (χ1) is 15.3. The van der Waals surface area contributed by atoms with Crippen molar-refractivity contribution >= 4 is 49.7 Å². The second kappa shape index (κ2) is 9.14. The van der Waals surface area contributed by atoms with E-state index in [-0.39, 0.29) is 11.4 Å². The molecule has 2 aromatic carbocycles. The van der Waals surface area contributed by atoms with Gasteiger partial charge < -0.3 is 4.90 Å². The quantitative estimate of drug-likeness (QED) is 0.564. The van der Waals surface area contributed by atoms with Crippen LogP contribution in [-0.2, 0) is 14.8 Å². The fraction of sp³-hybridized carbons (Fsp3) is 0.286. The molecule has 11 heteroatoms. The first kappa shape index (κ1) is 22.7. The first-order valence-corrected chi connectivity index (χ1v) is 12.6. The number of aromatic nitrogens is 2. The van der Waals surface area contributed by atoms with Crippen molar-refractivity contribution in [3.63, 3.8) is 0 Å². The SMILES string of the molecule is CN(C)c1ccc(-c2nnc(NC(=O)[C@H]3CCCN3S(=O)(=O)c3ccc(Cl)cc3)s2)cc1. The third kappa shape index (κ3) is 4.63. The largest absolute Gasteiger partial charge is 0.378 e. The van der Waals surface area contributed by atoms with Gasteiger partial charge in [0.05, 0.1) is 4.90 Å². The van der Waals surface area contributed by atoms with Gasteiger partial charge in [-0.15, -0.1) is 10.2 Å². The molecule has 1 fully saturated rings. The van der Waals surface area contributed by atoms with Gasteiger partial charge in [0.25, 0.3) is 0 Å². The Morgan fingerprint density at radius 3 is 2.47 bits per heavy atom. The Balaban J connectivity index is 1.48. The topological polar surface area (TPSA) is 95.5 Å². The lowest BCUT2D eigenvalue weighted by Crippen LogP contribution is -2.43. The lowest BCUT2D eigenvalue weighted by Gasteiger charge is -2.23. The van der Waals surface area contributed by atoms with Crippen LogP contribution >= 0.6 is 22.9 Å². The van der Waals surface area contributed by atoms with Crippen LogP contribution in [0.3, 0.4) is 0 Å². The maximum absolute atomic E-state index is 13.1. The van der Waals surface area contributed by atoms with Crippen molar-refractivity contribution in [1.82, 2.24) is 14.5 Å². The Morgan fingerprint density at radius 2 is 1.81 bits per heavy atom. The van der Waals surface area contributed by atoms with Crippen molar-refractivity contribution in [3.8, 4) is 10.6 Å². The van der Waals surface area contributed by atoms with E-state index >= 15 is 0 Å². The van der Waals surface area contributed by atoms with Crippen LogP contribution in [0.5, 0.6) is 0 Å². The smallest absolute Gasteiger partial charge is 0.244 e. The number of carbonyl (C=O) groups is 1. The summed E-state index contributed by atoms with van der Waals surface area (Å²) in [5.41, 5.74) is 1.96. The Labute approximate surface area is 195 Å². The van der Waals surface area contributed by atoms with Gasteiger partial charge in [-0.1, -0.05) is 22.9 Å². The van der Waals surface area contributed by atoms with Crippen molar-refractivity contribution in [1.29, 1.82) is 0 Å². The number of nitrogens with zero attached hydrogens (tertiary/aromatic N) is 4. The highest BCUT2D eigenvalue weighted by molar-refractivity contribution is 7.89. The van der Waals surface area contributed by atoms with Crippen molar-refractivity contribution in [2.24, 2.45) is 0 Å². The average molecular weight is 492 g/mol. The molecule has 8 nitrogen and oxygen atoms in total. The Bertz CT molecular complexity index is 1210. The normalized spacial score (nSPS) is 16.8. The zero-order valence-corrected chi connectivity index (χ0v) is 19.9. The van der Waals surface area contributed by atoms with Crippen LogP contribution in [0.1, 0.15) is 12.8 Å². The number of sulfonamides is 1. The summed E-state index contributed by atoms with van der Waals surface area (Å²) in [5.74, 6) is -0.411. The third-order valence-electron chi connectivity index (χ3n) is 5.21. The molecule has 1 N–H and O–H groups in total. The minimum Gasteiger partial charge on any atom is -0.378 e. The van der Waals surface area contributed by atoms with Gasteiger partial charge in [-0.2, -0.15) is 4.31 Å². The highest BCUT2D eigenvalue weighted by Crippen LogP contribution is 2.30. The summed E-state index contributed by atoms with van der Waals surface area (Å²) in [7, 11) is 0.117. The number of hydrogen-bond acceptors (Lipinski definition) is 7. The molecule has 1 amide bonds. The number of anilines is 2. The number of benzene rings is 2. The summed E-state index contributed by atoms with van der Waals surface area (Å²) >= 11 is 7.12. The summed E-state index contributed by atoms with van der Waals surface area (Å²) in [6.45, 7) is 0.280. The van der Waals surface area contributed by atoms with E-state index in [1.807, 2.05) is 43.3 Å². The lowest BCUT2D eigenvalue weighted by molar-refractivity contribution is -0.119. The molecule has 0 radical (unpaired) electrons. The minimum atomic E-state index is -3.81. The van der Waals surface area contributed by atoms with E-state index in [1.165, 1.54) is 39.9 Å². The molecular weight excluding hydrogens is 470 g/mol. The molecule has 1 atom stereocenters. The van der Waals surface area contributed by atoms with E-state index < -0.39 is 22.0 Å². The second-order valence-corrected chi connectivity index (χ2v) is 10.9. The van der Waals surface area contributed by atoms with E-state index in [9.17, 15) is 13.2 Å². The fourth-order valence-electron chi connectivity index (χ4n) is 3.51. The van der Waals surface area contributed by atoms with Crippen LogP contribution in [-0.4, -0.2) is 55.5 Å². The van der Waals surface area contributed by atoms with Crippen molar-refractivity contribution in [2.45, 2.75) is 23.8 Å². The van der Waals surface area contributed by atoms with E-state index in [2.05, 4.69) is 15.5 Å². The summed E-state index contributed by atoms with van der Waals surface area (Å²) in [4.78, 5) is 15.0. The molecule has 0 aliphatic carbocycles. The van der Waals surface area contributed by atoms with Crippen LogP contribution in [0.25, 0.3) is 10.6 Å². The Morgan fingerprint density at radius 1 is 1.12 bits per heavy atom. The molecule has 1 aromatic heterocycles. The maximum atomic E-state index is 13.1. The monoisotopic (exact) mass is 491 g/mol. The standard InChI is InChI=1S/C21H22ClN5O3S2/c1-26(2)16-9-5-14(6-10-16)20-24-25-21(31-20)23-19(28)18-4-3-13-27(18)32(29,30)17-11-7-15(22)8-12-17/h5-12,18H,3-4,13H2,1-2H3,(H,23,25,28)/t18-/m1/s1. The zero-order valence-electron chi connectivity index (χ0n) is 17.5. The number of nitrogens with one attached hydrogen (secondary N) is 1. The Kier molecular flexibility index (Phi) is 6.47. The molecule has 1 saturated heterocycles. The van der Waals surface area contributed by atoms with Gasteiger partial charge in [0, 0.05) is 36.9 Å². The maximum Gasteiger partial charge on any atom is 0.244 e. The van der Waals surface area contributed by atoms with Gasteiger partial charge in [0.15, 0.2) is 0 Å². The van der Waals surface area contributed by atoms with Gasteiger partial charge in [0.2, 0.25) is 21.1 Å². The number of amides is 1. The summed E-state index contributed by atoms with van der Waals surface area (Å²) < 4.78 is 27.3. The van der Waals surface area contributed by atoms with Crippen molar-refractivity contribution in [3.05, 3.63) is 53.6 Å². The number of carbonyl (C=O) groups excluding carboxylic acids is 1. The van der Waals surface area contributed by atoms with Crippen LogP contribution in [0.4, 0.5) is 10.8 Å². The summed E-state index contributed by atoms with van der Waals surface area (Å²) in [5, 5.41) is 12.4. The van der Waals surface area contributed by atoms with E-state index in [0.29, 0.717) is 28.0 Å². The molecule has 0 saturated carbocycles. The highest BCUT2D eigenvalue weighted by atomic mass is 35.5. The van der Waals surface area contributed by atoms with E-state index in [1.54, 1.807) is 0 Å². The predicted molar refractivity (Wildman–Crippen MR) is 127 cm³/mol. The van der Waals surface area contributed by atoms with Crippen molar-refractivity contribution in [2.75, 3.05) is 30.9 Å².